The highest BCUT2D eigenvalue weighted by Gasteiger charge is 2.29. The minimum atomic E-state index is -0.434. The Labute approximate surface area is 166 Å². The molecule has 9 heteroatoms. The van der Waals surface area contributed by atoms with Crippen LogP contribution < -0.4 is 10.1 Å². The molecule has 0 bridgehead atoms. The summed E-state index contributed by atoms with van der Waals surface area (Å²) in [7, 11) is 0. The van der Waals surface area contributed by atoms with Crippen molar-refractivity contribution in [2.24, 2.45) is 5.41 Å². The van der Waals surface area contributed by atoms with Crippen LogP contribution in [0.25, 0.3) is 10.8 Å². The molecule has 0 aliphatic rings. The third kappa shape index (κ3) is 4.53. The summed E-state index contributed by atoms with van der Waals surface area (Å²) >= 11 is 1.24. The molecule has 28 heavy (non-hydrogen) atoms. The number of halogens is 1. The summed E-state index contributed by atoms with van der Waals surface area (Å²) in [6.45, 7) is 7.88. The number of hydrogen-bond acceptors (Lipinski definition) is 6. The Morgan fingerprint density at radius 3 is 2.75 bits per heavy atom. The number of benzene rings is 1. The van der Waals surface area contributed by atoms with E-state index in [1.807, 2.05) is 20.8 Å². The van der Waals surface area contributed by atoms with Crippen LogP contribution in [-0.2, 0) is 0 Å². The van der Waals surface area contributed by atoms with Crippen molar-refractivity contribution in [1.29, 1.82) is 0 Å². The van der Waals surface area contributed by atoms with Crippen LogP contribution in [0.15, 0.2) is 30.6 Å². The second kappa shape index (κ2) is 8.05. The maximum atomic E-state index is 13.8. The van der Waals surface area contributed by atoms with Gasteiger partial charge in [-0.2, -0.15) is 5.10 Å². The van der Waals surface area contributed by atoms with Crippen molar-refractivity contribution in [3.8, 4) is 16.6 Å². The van der Waals surface area contributed by atoms with E-state index in [1.54, 1.807) is 25.1 Å². The quantitative estimate of drug-likeness (QED) is 0.656. The number of carbonyl (C=O) groups excluding carboxylic acids is 1. The van der Waals surface area contributed by atoms with Gasteiger partial charge >= 0.3 is 0 Å². The monoisotopic (exact) mass is 403 g/mol. The lowest BCUT2D eigenvalue weighted by molar-refractivity contribution is 0.0863. The molecule has 1 atom stereocenters. The number of aromatic amines is 1. The lowest BCUT2D eigenvalue weighted by Gasteiger charge is -2.31. The molecule has 7 nitrogen and oxygen atoms in total. The van der Waals surface area contributed by atoms with E-state index in [9.17, 15) is 9.18 Å². The first-order chi connectivity index (χ1) is 13.3. The number of amides is 1. The predicted molar refractivity (Wildman–Crippen MR) is 105 cm³/mol. The largest absolute Gasteiger partial charge is 0.488 e. The van der Waals surface area contributed by atoms with E-state index < -0.39 is 5.82 Å². The van der Waals surface area contributed by atoms with Crippen LogP contribution in [0.4, 0.5) is 4.39 Å². The zero-order valence-electron chi connectivity index (χ0n) is 16.1. The Kier molecular flexibility index (Phi) is 5.73. The van der Waals surface area contributed by atoms with Gasteiger partial charge in [-0.15, -0.1) is 11.3 Å². The summed E-state index contributed by atoms with van der Waals surface area (Å²) < 4.78 is 19.5. The Morgan fingerprint density at radius 1 is 1.36 bits per heavy atom. The molecule has 0 fully saturated rings. The van der Waals surface area contributed by atoms with Gasteiger partial charge < -0.3 is 10.1 Å². The van der Waals surface area contributed by atoms with Crippen LogP contribution >= 0.6 is 11.3 Å². The molecule has 2 heterocycles. The number of rotatable bonds is 6. The number of carbonyl (C=O) groups is 1. The highest BCUT2D eigenvalue weighted by Crippen LogP contribution is 2.27. The highest BCUT2D eigenvalue weighted by atomic mass is 32.1. The van der Waals surface area contributed by atoms with Gasteiger partial charge in [0.05, 0.1) is 11.7 Å². The average Bonchev–Trinajstić information content (AvgIpc) is 3.28. The molecular formula is C19H22FN5O2S. The summed E-state index contributed by atoms with van der Waals surface area (Å²) in [5, 5.41) is 10.1. The van der Waals surface area contributed by atoms with E-state index in [0.717, 1.165) is 0 Å². The third-order valence-electron chi connectivity index (χ3n) is 4.21. The van der Waals surface area contributed by atoms with Gasteiger partial charge in [0.2, 0.25) is 0 Å². The number of aryl methyl sites for hydroxylation is 1. The summed E-state index contributed by atoms with van der Waals surface area (Å²) in [6, 6.07) is 5.87. The lowest BCUT2D eigenvalue weighted by atomic mass is 9.87. The Balaban J connectivity index is 1.74. The highest BCUT2D eigenvalue weighted by molar-refractivity contribution is 7.17. The Morgan fingerprint density at radius 2 is 2.11 bits per heavy atom. The number of nitrogens with zero attached hydrogens (tertiary/aromatic N) is 3. The van der Waals surface area contributed by atoms with Crippen LogP contribution in [-0.4, -0.2) is 38.7 Å². The standard InChI is InChI=1S/C19H22FN5O2S/c1-11-15(28-18(23-11)16-21-10-22-25-16)17(26)24-14(19(2,3)4)9-27-13-8-6-5-7-12(13)20/h5-8,10,14H,9H2,1-4H3,(H,24,26)(H,21,22,25). The van der Waals surface area contributed by atoms with Crippen molar-refractivity contribution in [2.75, 3.05) is 6.61 Å². The molecule has 1 unspecified atom stereocenters. The molecule has 2 N–H and O–H groups in total. The van der Waals surface area contributed by atoms with Crippen LogP contribution in [0.5, 0.6) is 5.75 Å². The number of hydrogen-bond donors (Lipinski definition) is 2. The summed E-state index contributed by atoms with van der Waals surface area (Å²) in [4.78, 5) is 21.8. The van der Waals surface area contributed by atoms with Crippen LogP contribution in [0.2, 0.25) is 0 Å². The van der Waals surface area contributed by atoms with E-state index in [2.05, 4.69) is 25.5 Å². The van der Waals surface area contributed by atoms with E-state index in [4.69, 9.17) is 4.74 Å². The molecule has 0 aliphatic heterocycles. The first kappa shape index (κ1) is 19.9. The molecule has 0 aliphatic carbocycles. The molecular weight excluding hydrogens is 381 g/mol. The van der Waals surface area contributed by atoms with Gasteiger partial charge in [-0.25, -0.2) is 14.4 Å². The van der Waals surface area contributed by atoms with Crippen molar-refractivity contribution in [3.05, 3.63) is 47.0 Å². The SMILES string of the molecule is Cc1nc(-c2ncn[nH]2)sc1C(=O)NC(COc1ccccc1F)C(C)(C)C. The Bertz CT molecular complexity index is 950. The maximum absolute atomic E-state index is 13.8. The summed E-state index contributed by atoms with van der Waals surface area (Å²) in [6.07, 6.45) is 1.39. The van der Waals surface area contributed by atoms with Gasteiger partial charge in [0, 0.05) is 0 Å². The molecule has 0 spiro atoms. The number of nitrogens with one attached hydrogen (secondary N) is 2. The first-order valence-corrected chi connectivity index (χ1v) is 9.58. The maximum Gasteiger partial charge on any atom is 0.263 e. The molecule has 1 amide bonds. The average molecular weight is 403 g/mol. The van der Waals surface area contributed by atoms with E-state index in [1.165, 1.54) is 23.7 Å². The van der Waals surface area contributed by atoms with Crippen molar-refractivity contribution < 1.29 is 13.9 Å². The van der Waals surface area contributed by atoms with Gasteiger partial charge in [-0.1, -0.05) is 32.9 Å². The number of H-pyrrole nitrogens is 1. The van der Waals surface area contributed by atoms with Gasteiger partial charge in [0.15, 0.2) is 22.4 Å². The number of ether oxygens (including phenoxy) is 1. The van der Waals surface area contributed by atoms with Gasteiger partial charge in [-0.05, 0) is 24.5 Å². The first-order valence-electron chi connectivity index (χ1n) is 8.77. The van der Waals surface area contributed by atoms with Gasteiger partial charge in [0.25, 0.3) is 5.91 Å². The molecule has 3 aromatic rings. The summed E-state index contributed by atoms with van der Waals surface area (Å²) in [5.41, 5.74) is 0.310. The summed E-state index contributed by atoms with van der Waals surface area (Å²) in [5.74, 6) is -0.00991. The molecule has 148 valence electrons. The zero-order valence-corrected chi connectivity index (χ0v) is 16.9. The molecule has 2 aromatic heterocycles. The van der Waals surface area contributed by atoms with Crippen molar-refractivity contribution in [2.45, 2.75) is 33.7 Å². The normalized spacial score (nSPS) is 12.6. The van der Waals surface area contributed by atoms with Gasteiger partial charge in [0.1, 0.15) is 17.8 Å². The minimum Gasteiger partial charge on any atom is -0.488 e. The van der Waals surface area contributed by atoms with E-state index in [0.29, 0.717) is 21.4 Å². The molecule has 0 saturated carbocycles. The van der Waals surface area contributed by atoms with Gasteiger partial charge in [-0.3, -0.25) is 9.89 Å². The van der Waals surface area contributed by atoms with E-state index in [-0.39, 0.29) is 29.7 Å². The van der Waals surface area contributed by atoms with Crippen molar-refractivity contribution in [1.82, 2.24) is 25.5 Å². The zero-order chi connectivity index (χ0) is 20.3. The molecule has 0 radical (unpaired) electrons. The van der Waals surface area contributed by atoms with Crippen LogP contribution in [0.3, 0.4) is 0 Å². The fraction of sp³-hybridized carbons (Fsp3) is 0.368. The van der Waals surface area contributed by atoms with Crippen LogP contribution in [0, 0.1) is 18.2 Å². The molecule has 1 aromatic carbocycles. The predicted octanol–water partition coefficient (Wildman–Crippen LogP) is 3.60. The van der Waals surface area contributed by atoms with Crippen molar-refractivity contribution >= 4 is 17.2 Å². The minimum absolute atomic E-state index is 0.142. The third-order valence-corrected chi connectivity index (χ3v) is 5.38. The van der Waals surface area contributed by atoms with E-state index >= 15 is 0 Å². The molecule has 3 rings (SSSR count). The van der Waals surface area contributed by atoms with Crippen LogP contribution in [0.1, 0.15) is 36.1 Å². The number of para-hydroxylation sites is 1. The fourth-order valence-corrected chi connectivity index (χ4v) is 3.40. The van der Waals surface area contributed by atoms with Crippen molar-refractivity contribution in [3.63, 3.8) is 0 Å². The topological polar surface area (TPSA) is 92.8 Å². The smallest absolute Gasteiger partial charge is 0.263 e. The second-order valence-electron chi connectivity index (χ2n) is 7.40. The number of aromatic nitrogens is 4. The second-order valence-corrected chi connectivity index (χ2v) is 8.40. The Hall–Kier alpha value is -2.81. The fourth-order valence-electron chi connectivity index (χ4n) is 2.48. The molecule has 0 saturated heterocycles. The number of thiazole rings is 1. The lowest BCUT2D eigenvalue weighted by Crippen LogP contribution is -2.47.